The molecule has 2 aromatic carbocycles. The standard InChI is InChI=1S/C17H19ClN2O3S/c1-12(2)19-17(21)13-4-8-15(9-5-13)20(3)24(22,23)16-10-6-14(18)7-11-16/h4-12H,1-3H3,(H,19,21). The molecule has 0 aliphatic heterocycles. The first-order valence-corrected chi connectivity index (χ1v) is 9.19. The normalized spacial score (nSPS) is 11.4. The molecule has 0 bridgehead atoms. The Kier molecular flexibility index (Phi) is 5.51. The summed E-state index contributed by atoms with van der Waals surface area (Å²) in [6, 6.07) is 12.4. The van der Waals surface area contributed by atoms with Crippen LogP contribution in [-0.2, 0) is 10.0 Å². The molecule has 0 radical (unpaired) electrons. The topological polar surface area (TPSA) is 66.5 Å². The molecule has 0 fully saturated rings. The lowest BCUT2D eigenvalue weighted by Crippen LogP contribution is -2.30. The van der Waals surface area contributed by atoms with Gasteiger partial charge in [0.1, 0.15) is 0 Å². The summed E-state index contributed by atoms with van der Waals surface area (Å²) in [6.07, 6.45) is 0. The average molecular weight is 367 g/mol. The Hall–Kier alpha value is -2.05. The van der Waals surface area contributed by atoms with Crippen LogP contribution in [0.3, 0.4) is 0 Å². The van der Waals surface area contributed by atoms with Crippen LogP contribution in [0.2, 0.25) is 5.02 Å². The third kappa shape index (κ3) is 4.07. The monoisotopic (exact) mass is 366 g/mol. The second-order valence-corrected chi connectivity index (χ2v) is 8.01. The average Bonchev–Trinajstić information content (AvgIpc) is 2.54. The Balaban J connectivity index is 2.24. The Labute approximate surface area is 147 Å². The number of carbonyl (C=O) groups is 1. The van der Waals surface area contributed by atoms with E-state index in [1.54, 1.807) is 24.3 Å². The SMILES string of the molecule is CC(C)NC(=O)c1ccc(N(C)S(=O)(=O)c2ccc(Cl)cc2)cc1. The van der Waals surface area contributed by atoms with E-state index in [0.29, 0.717) is 16.3 Å². The number of rotatable bonds is 5. The van der Waals surface area contributed by atoms with Crippen LogP contribution in [0.5, 0.6) is 0 Å². The summed E-state index contributed by atoms with van der Waals surface area (Å²) in [5.41, 5.74) is 0.941. The number of nitrogens with zero attached hydrogens (tertiary/aromatic N) is 1. The molecule has 0 saturated heterocycles. The largest absolute Gasteiger partial charge is 0.350 e. The van der Waals surface area contributed by atoms with E-state index in [1.165, 1.54) is 35.6 Å². The van der Waals surface area contributed by atoms with E-state index < -0.39 is 10.0 Å². The van der Waals surface area contributed by atoms with Crippen molar-refractivity contribution in [2.24, 2.45) is 0 Å². The molecule has 0 aromatic heterocycles. The molecule has 0 saturated carbocycles. The second kappa shape index (κ2) is 7.23. The summed E-state index contributed by atoms with van der Waals surface area (Å²) >= 11 is 5.80. The molecule has 128 valence electrons. The van der Waals surface area contributed by atoms with Gasteiger partial charge in [0.15, 0.2) is 0 Å². The fourth-order valence-electron chi connectivity index (χ4n) is 2.07. The van der Waals surface area contributed by atoms with Gasteiger partial charge < -0.3 is 5.32 Å². The van der Waals surface area contributed by atoms with Crippen molar-refractivity contribution in [2.75, 3.05) is 11.4 Å². The third-order valence-corrected chi connectivity index (χ3v) is 5.44. The molecule has 1 N–H and O–H groups in total. The van der Waals surface area contributed by atoms with Crippen molar-refractivity contribution in [3.05, 3.63) is 59.1 Å². The fourth-order valence-corrected chi connectivity index (χ4v) is 3.39. The maximum absolute atomic E-state index is 12.6. The zero-order valence-electron chi connectivity index (χ0n) is 13.7. The lowest BCUT2D eigenvalue weighted by molar-refractivity contribution is 0.0943. The Morgan fingerprint density at radius 1 is 1.04 bits per heavy atom. The van der Waals surface area contributed by atoms with Gasteiger partial charge in [-0.05, 0) is 62.4 Å². The minimum atomic E-state index is -3.69. The zero-order valence-corrected chi connectivity index (χ0v) is 15.2. The number of nitrogens with one attached hydrogen (secondary N) is 1. The number of carbonyl (C=O) groups excluding carboxylic acids is 1. The van der Waals surface area contributed by atoms with Crippen molar-refractivity contribution in [2.45, 2.75) is 24.8 Å². The summed E-state index contributed by atoms with van der Waals surface area (Å²) in [5.74, 6) is -0.195. The molecule has 24 heavy (non-hydrogen) atoms. The van der Waals surface area contributed by atoms with Gasteiger partial charge in [0, 0.05) is 23.7 Å². The molecule has 2 aromatic rings. The highest BCUT2D eigenvalue weighted by atomic mass is 35.5. The van der Waals surface area contributed by atoms with E-state index >= 15 is 0 Å². The summed E-state index contributed by atoms with van der Waals surface area (Å²) in [4.78, 5) is 12.1. The molecule has 2 rings (SSSR count). The van der Waals surface area contributed by atoms with E-state index in [9.17, 15) is 13.2 Å². The number of hydrogen-bond donors (Lipinski definition) is 1. The molecule has 0 aliphatic rings. The second-order valence-electron chi connectivity index (χ2n) is 5.60. The van der Waals surface area contributed by atoms with Gasteiger partial charge in [-0.2, -0.15) is 0 Å². The number of halogens is 1. The highest BCUT2D eigenvalue weighted by Gasteiger charge is 2.21. The van der Waals surface area contributed by atoms with Crippen molar-refractivity contribution in [3.8, 4) is 0 Å². The molecule has 7 heteroatoms. The number of benzene rings is 2. The van der Waals surface area contributed by atoms with Gasteiger partial charge in [-0.25, -0.2) is 8.42 Å². The van der Waals surface area contributed by atoms with Gasteiger partial charge in [0.25, 0.3) is 15.9 Å². The summed E-state index contributed by atoms with van der Waals surface area (Å²) < 4.78 is 26.4. The van der Waals surface area contributed by atoms with Crippen LogP contribution in [0.4, 0.5) is 5.69 Å². The maximum Gasteiger partial charge on any atom is 0.264 e. The summed E-state index contributed by atoms with van der Waals surface area (Å²) in [5, 5.41) is 3.26. The highest BCUT2D eigenvalue weighted by Crippen LogP contribution is 2.23. The van der Waals surface area contributed by atoms with Crippen LogP contribution in [0.25, 0.3) is 0 Å². The first kappa shape index (κ1) is 18.3. The van der Waals surface area contributed by atoms with E-state index in [0.717, 1.165) is 0 Å². The smallest absolute Gasteiger partial charge is 0.264 e. The third-order valence-electron chi connectivity index (χ3n) is 3.38. The predicted octanol–water partition coefficient (Wildman–Crippen LogP) is 3.30. The van der Waals surface area contributed by atoms with Crippen LogP contribution < -0.4 is 9.62 Å². The van der Waals surface area contributed by atoms with Crippen molar-refractivity contribution < 1.29 is 13.2 Å². The first-order chi connectivity index (χ1) is 11.2. The molecule has 0 aliphatic carbocycles. The summed E-state index contributed by atoms with van der Waals surface area (Å²) in [7, 11) is -2.22. The highest BCUT2D eigenvalue weighted by molar-refractivity contribution is 7.92. The lowest BCUT2D eigenvalue weighted by atomic mass is 10.2. The van der Waals surface area contributed by atoms with Crippen LogP contribution in [-0.4, -0.2) is 27.4 Å². The van der Waals surface area contributed by atoms with Gasteiger partial charge >= 0.3 is 0 Å². The molecule has 0 spiro atoms. The number of amides is 1. The van der Waals surface area contributed by atoms with Crippen molar-refractivity contribution in [1.82, 2.24) is 5.32 Å². The first-order valence-electron chi connectivity index (χ1n) is 7.37. The predicted molar refractivity (Wildman–Crippen MR) is 96.1 cm³/mol. The van der Waals surface area contributed by atoms with E-state index in [2.05, 4.69) is 5.32 Å². The van der Waals surface area contributed by atoms with Crippen molar-refractivity contribution in [1.29, 1.82) is 0 Å². The molecule has 0 unspecified atom stereocenters. The maximum atomic E-state index is 12.6. The van der Waals surface area contributed by atoms with E-state index in [1.807, 2.05) is 13.8 Å². The fraction of sp³-hybridized carbons (Fsp3) is 0.235. The van der Waals surface area contributed by atoms with Crippen molar-refractivity contribution in [3.63, 3.8) is 0 Å². The Morgan fingerprint density at radius 3 is 2.08 bits per heavy atom. The molecule has 0 heterocycles. The molecular weight excluding hydrogens is 348 g/mol. The zero-order chi connectivity index (χ0) is 17.9. The van der Waals surface area contributed by atoms with Crippen LogP contribution in [0.1, 0.15) is 24.2 Å². The number of hydrogen-bond acceptors (Lipinski definition) is 3. The minimum absolute atomic E-state index is 0.0325. The minimum Gasteiger partial charge on any atom is -0.350 e. The number of sulfonamides is 1. The van der Waals surface area contributed by atoms with Gasteiger partial charge in [-0.3, -0.25) is 9.10 Å². The molecule has 5 nitrogen and oxygen atoms in total. The van der Waals surface area contributed by atoms with Crippen molar-refractivity contribution >= 4 is 33.2 Å². The van der Waals surface area contributed by atoms with E-state index in [-0.39, 0.29) is 16.8 Å². The van der Waals surface area contributed by atoms with E-state index in [4.69, 9.17) is 11.6 Å². The van der Waals surface area contributed by atoms with Gasteiger partial charge in [-0.15, -0.1) is 0 Å². The lowest BCUT2D eigenvalue weighted by Gasteiger charge is -2.20. The number of anilines is 1. The quantitative estimate of drug-likeness (QED) is 0.882. The van der Waals surface area contributed by atoms with Crippen LogP contribution in [0.15, 0.2) is 53.4 Å². The van der Waals surface area contributed by atoms with Crippen LogP contribution in [0, 0.1) is 0 Å². The molecule has 0 atom stereocenters. The van der Waals surface area contributed by atoms with Gasteiger partial charge in [0.05, 0.1) is 10.6 Å². The van der Waals surface area contributed by atoms with Gasteiger partial charge in [-0.1, -0.05) is 11.6 Å². The summed E-state index contributed by atoms with van der Waals surface area (Å²) in [6.45, 7) is 3.75. The molecular formula is C17H19ClN2O3S. The van der Waals surface area contributed by atoms with Crippen LogP contribution >= 0.6 is 11.6 Å². The Morgan fingerprint density at radius 2 is 1.58 bits per heavy atom. The molecule has 1 amide bonds. The Bertz CT molecular complexity index is 816. The van der Waals surface area contributed by atoms with Gasteiger partial charge in [0.2, 0.25) is 0 Å².